The summed E-state index contributed by atoms with van der Waals surface area (Å²) in [5, 5.41) is 8.76. The lowest BCUT2D eigenvalue weighted by Gasteiger charge is -2.22. The molecule has 0 saturated carbocycles. The van der Waals surface area contributed by atoms with E-state index in [9.17, 15) is 0 Å². The Morgan fingerprint density at radius 1 is 0.913 bits per heavy atom. The van der Waals surface area contributed by atoms with Crippen LogP contribution < -0.4 is 4.90 Å². The van der Waals surface area contributed by atoms with E-state index in [1.54, 1.807) is 0 Å². The quantitative estimate of drug-likeness (QED) is 0.721. The molecule has 23 heavy (non-hydrogen) atoms. The second-order valence-electron chi connectivity index (χ2n) is 5.74. The van der Waals surface area contributed by atoms with Crippen LogP contribution in [0, 0.1) is 0 Å². The Morgan fingerprint density at radius 3 is 2.35 bits per heavy atom. The summed E-state index contributed by atoms with van der Waals surface area (Å²) in [6.07, 6.45) is 0.874. The van der Waals surface area contributed by atoms with Crippen molar-refractivity contribution in [3.63, 3.8) is 0 Å². The van der Waals surface area contributed by atoms with E-state index in [2.05, 4.69) is 58.2 Å². The second kappa shape index (κ2) is 5.72. The van der Waals surface area contributed by atoms with E-state index < -0.39 is 0 Å². The minimum atomic E-state index is 0.778. The minimum Gasteiger partial charge on any atom is -0.365 e. The van der Waals surface area contributed by atoms with Gasteiger partial charge in [-0.15, -0.1) is 5.10 Å². The summed E-state index contributed by atoms with van der Waals surface area (Å²) < 4.78 is 1.91. The van der Waals surface area contributed by atoms with Gasteiger partial charge in [0.15, 0.2) is 0 Å². The molecule has 0 unspecified atom stereocenters. The van der Waals surface area contributed by atoms with E-state index in [-0.39, 0.29) is 0 Å². The van der Waals surface area contributed by atoms with Crippen molar-refractivity contribution in [3.05, 3.63) is 72.9 Å². The third kappa shape index (κ3) is 2.52. The molecule has 0 saturated heterocycles. The predicted molar refractivity (Wildman–Crippen MR) is 92.9 cm³/mol. The van der Waals surface area contributed by atoms with E-state index in [0.717, 1.165) is 42.2 Å². The van der Waals surface area contributed by atoms with Gasteiger partial charge in [-0.25, -0.2) is 4.68 Å². The van der Waals surface area contributed by atoms with Gasteiger partial charge in [0.1, 0.15) is 5.69 Å². The van der Waals surface area contributed by atoms with E-state index in [1.165, 1.54) is 5.69 Å². The Labute approximate surface area is 135 Å². The SMILES string of the molecule is C=C1CCN(c2ccccc2)Cc2c(-c3ccccc3)nnn21. The molecule has 1 aliphatic rings. The van der Waals surface area contributed by atoms with Gasteiger partial charge in [0, 0.05) is 29.9 Å². The summed E-state index contributed by atoms with van der Waals surface area (Å²) in [7, 11) is 0. The van der Waals surface area contributed by atoms with E-state index in [1.807, 2.05) is 28.9 Å². The van der Waals surface area contributed by atoms with Gasteiger partial charge in [0.2, 0.25) is 0 Å². The lowest BCUT2D eigenvalue weighted by Crippen LogP contribution is -2.22. The summed E-state index contributed by atoms with van der Waals surface area (Å²) in [6, 6.07) is 20.7. The zero-order chi connectivity index (χ0) is 15.6. The number of aromatic nitrogens is 3. The lowest BCUT2D eigenvalue weighted by molar-refractivity contribution is 0.778. The first-order valence-corrected chi connectivity index (χ1v) is 7.81. The minimum absolute atomic E-state index is 0.778. The fraction of sp³-hybridized carbons (Fsp3) is 0.158. The zero-order valence-electron chi connectivity index (χ0n) is 12.9. The zero-order valence-corrected chi connectivity index (χ0v) is 12.9. The van der Waals surface area contributed by atoms with Gasteiger partial charge in [-0.1, -0.05) is 60.3 Å². The van der Waals surface area contributed by atoms with Crippen molar-refractivity contribution in [1.29, 1.82) is 0 Å². The monoisotopic (exact) mass is 302 g/mol. The summed E-state index contributed by atoms with van der Waals surface area (Å²) in [5.74, 6) is 0. The molecule has 0 atom stereocenters. The number of fused-ring (bicyclic) bond motifs is 1. The first-order valence-electron chi connectivity index (χ1n) is 7.81. The highest BCUT2D eigenvalue weighted by atomic mass is 15.4. The molecule has 0 radical (unpaired) electrons. The largest absolute Gasteiger partial charge is 0.365 e. The molecule has 0 fully saturated rings. The molecule has 4 nitrogen and oxygen atoms in total. The van der Waals surface area contributed by atoms with Gasteiger partial charge < -0.3 is 4.90 Å². The summed E-state index contributed by atoms with van der Waals surface area (Å²) in [6.45, 7) is 5.89. The van der Waals surface area contributed by atoms with Crippen LogP contribution in [0.5, 0.6) is 0 Å². The molecule has 1 aromatic heterocycles. The molecule has 4 heteroatoms. The Bertz CT molecular complexity index is 821. The highest BCUT2D eigenvalue weighted by molar-refractivity contribution is 5.65. The van der Waals surface area contributed by atoms with Crippen molar-refractivity contribution in [2.45, 2.75) is 13.0 Å². The fourth-order valence-electron chi connectivity index (χ4n) is 3.01. The standard InChI is InChI=1S/C19H18N4/c1-15-12-13-22(17-10-6-3-7-11-17)14-18-19(20-21-23(15)18)16-8-4-2-5-9-16/h2-11H,1,12-14H2. The number of rotatable bonds is 2. The third-order valence-electron chi connectivity index (χ3n) is 4.24. The van der Waals surface area contributed by atoms with Crippen LogP contribution in [0.1, 0.15) is 12.1 Å². The van der Waals surface area contributed by atoms with Crippen LogP contribution in [0.3, 0.4) is 0 Å². The predicted octanol–water partition coefficient (Wildman–Crippen LogP) is 3.83. The van der Waals surface area contributed by atoms with Crippen LogP contribution in [-0.2, 0) is 6.54 Å². The average molecular weight is 302 g/mol. The number of anilines is 1. The molecule has 0 N–H and O–H groups in total. The molecule has 2 heterocycles. The van der Waals surface area contributed by atoms with Gasteiger partial charge in [0.05, 0.1) is 12.2 Å². The lowest BCUT2D eigenvalue weighted by atomic mass is 10.1. The van der Waals surface area contributed by atoms with Gasteiger partial charge in [-0.2, -0.15) is 0 Å². The fourth-order valence-corrected chi connectivity index (χ4v) is 3.01. The van der Waals surface area contributed by atoms with E-state index >= 15 is 0 Å². The third-order valence-corrected chi connectivity index (χ3v) is 4.24. The van der Waals surface area contributed by atoms with Crippen LogP contribution in [-0.4, -0.2) is 21.5 Å². The maximum absolute atomic E-state index is 4.41. The Kier molecular flexibility index (Phi) is 3.42. The normalized spacial score (nSPS) is 14.4. The van der Waals surface area contributed by atoms with Crippen LogP contribution in [0.4, 0.5) is 5.69 Å². The van der Waals surface area contributed by atoms with Crippen molar-refractivity contribution in [1.82, 2.24) is 15.0 Å². The van der Waals surface area contributed by atoms with Gasteiger partial charge in [-0.05, 0) is 12.1 Å². The van der Waals surface area contributed by atoms with Crippen molar-refractivity contribution >= 4 is 11.4 Å². The Morgan fingerprint density at radius 2 is 1.61 bits per heavy atom. The van der Waals surface area contributed by atoms with Crippen LogP contribution >= 0.6 is 0 Å². The smallest absolute Gasteiger partial charge is 0.118 e. The molecule has 1 aliphatic heterocycles. The van der Waals surface area contributed by atoms with Crippen LogP contribution in [0.2, 0.25) is 0 Å². The topological polar surface area (TPSA) is 34.0 Å². The summed E-state index contributed by atoms with van der Waals surface area (Å²) >= 11 is 0. The van der Waals surface area contributed by atoms with Gasteiger partial charge in [0.25, 0.3) is 0 Å². The molecule has 4 rings (SSSR count). The number of nitrogens with zero attached hydrogens (tertiary/aromatic N) is 4. The van der Waals surface area contributed by atoms with Crippen molar-refractivity contribution < 1.29 is 0 Å². The maximum Gasteiger partial charge on any atom is 0.118 e. The Balaban J connectivity index is 1.78. The van der Waals surface area contributed by atoms with E-state index in [4.69, 9.17) is 0 Å². The number of hydrogen-bond acceptors (Lipinski definition) is 3. The van der Waals surface area contributed by atoms with Crippen molar-refractivity contribution in [2.24, 2.45) is 0 Å². The molecule has 3 aromatic rings. The first-order chi connectivity index (χ1) is 11.3. The average Bonchev–Trinajstić information content (AvgIpc) is 2.96. The second-order valence-corrected chi connectivity index (χ2v) is 5.74. The number of para-hydroxylation sites is 1. The van der Waals surface area contributed by atoms with Crippen molar-refractivity contribution in [2.75, 3.05) is 11.4 Å². The molecule has 2 aromatic carbocycles. The van der Waals surface area contributed by atoms with Gasteiger partial charge in [-0.3, -0.25) is 0 Å². The molecule has 114 valence electrons. The molecular formula is C19H18N4. The molecule has 0 spiro atoms. The van der Waals surface area contributed by atoms with Crippen LogP contribution in [0.25, 0.3) is 17.0 Å². The van der Waals surface area contributed by atoms with Gasteiger partial charge >= 0.3 is 0 Å². The van der Waals surface area contributed by atoms with Crippen LogP contribution in [0.15, 0.2) is 67.2 Å². The van der Waals surface area contributed by atoms with Crippen molar-refractivity contribution in [3.8, 4) is 11.3 Å². The first kappa shape index (κ1) is 13.8. The van der Waals surface area contributed by atoms with E-state index in [0.29, 0.717) is 0 Å². The number of hydrogen-bond donors (Lipinski definition) is 0. The molecular weight excluding hydrogens is 284 g/mol. The Hall–Kier alpha value is -2.88. The molecule has 0 aliphatic carbocycles. The maximum atomic E-state index is 4.41. The highest BCUT2D eigenvalue weighted by Crippen LogP contribution is 2.29. The number of benzene rings is 2. The molecule has 0 amide bonds. The summed E-state index contributed by atoms with van der Waals surface area (Å²) in [5.41, 5.74) is 5.34. The highest BCUT2D eigenvalue weighted by Gasteiger charge is 2.22. The molecule has 0 bridgehead atoms. The summed E-state index contributed by atoms with van der Waals surface area (Å²) in [4.78, 5) is 2.36.